The highest BCUT2D eigenvalue weighted by Crippen LogP contribution is 2.29. The van der Waals surface area contributed by atoms with Crippen molar-refractivity contribution >= 4 is 5.91 Å². The molecular formula is C17H25NO2. The molecule has 1 aliphatic rings. The van der Waals surface area contributed by atoms with E-state index in [-0.39, 0.29) is 12.0 Å². The average molecular weight is 275 g/mol. The molecule has 0 spiro atoms. The molecule has 1 aliphatic heterocycles. The first-order valence-electron chi connectivity index (χ1n) is 7.53. The second-order valence-electron chi connectivity index (χ2n) is 5.85. The van der Waals surface area contributed by atoms with Gasteiger partial charge in [-0.3, -0.25) is 4.79 Å². The molecule has 0 N–H and O–H groups in total. The third-order valence-corrected chi connectivity index (χ3v) is 3.94. The van der Waals surface area contributed by atoms with Crippen LogP contribution in [0.5, 0.6) is 0 Å². The highest BCUT2D eigenvalue weighted by molar-refractivity contribution is 5.76. The summed E-state index contributed by atoms with van der Waals surface area (Å²) in [6.07, 6.45) is 1.77. The molecule has 1 fully saturated rings. The predicted molar refractivity (Wildman–Crippen MR) is 80.8 cm³/mol. The Labute approximate surface area is 121 Å². The molecule has 1 heterocycles. The fourth-order valence-corrected chi connectivity index (χ4v) is 2.83. The van der Waals surface area contributed by atoms with Crippen LogP contribution in [0.3, 0.4) is 0 Å². The molecule has 2 rings (SSSR count). The SMILES string of the molecule is Cc1ccccc1[C@H]1CCN(C(=O)CCOC(C)C)C1. The summed E-state index contributed by atoms with van der Waals surface area (Å²) in [4.78, 5) is 14.1. The van der Waals surface area contributed by atoms with Crippen molar-refractivity contribution in [3.8, 4) is 0 Å². The number of nitrogens with zero attached hydrogens (tertiary/aromatic N) is 1. The number of rotatable bonds is 5. The van der Waals surface area contributed by atoms with Crippen LogP contribution in [0.25, 0.3) is 0 Å². The number of carbonyl (C=O) groups is 1. The molecule has 1 amide bonds. The molecule has 0 aliphatic carbocycles. The number of hydrogen-bond acceptors (Lipinski definition) is 2. The molecule has 20 heavy (non-hydrogen) atoms. The summed E-state index contributed by atoms with van der Waals surface area (Å²) >= 11 is 0. The summed E-state index contributed by atoms with van der Waals surface area (Å²) in [5.41, 5.74) is 2.72. The number of amides is 1. The molecule has 0 bridgehead atoms. The van der Waals surface area contributed by atoms with Crippen molar-refractivity contribution in [2.24, 2.45) is 0 Å². The second-order valence-corrected chi connectivity index (χ2v) is 5.85. The average Bonchev–Trinajstić information content (AvgIpc) is 2.88. The Morgan fingerprint density at radius 1 is 1.40 bits per heavy atom. The fraction of sp³-hybridized carbons (Fsp3) is 0.588. The lowest BCUT2D eigenvalue weighted by Crippen LogP contribution is -2.29. The molecule has 1 saturated heterocycles. The lowest BCUT2D eigenvalue weighted by atomic mass is 9.94. The number of benzene rings is 1. The highest BCUT2D eigenvalue weighted by Gasteiger charge is 2.27. The summed E-state index contributed by atoms with van der Waals surface area (Å²) in [7, 11) is 0. The third kappa shape index (κ3) is 3.83. The van der Waals surface area contributed by atoms with Crippen molar-refractivity contribution in [1.29, 1.82) is 0 Å². The second kappa shape index (κ2) is 6.89. The van der Waals surface area contributed by atoms with Crippen LogP contribution < -0.4 is 0 Å². The van der Waals surface area contributed by atoms with E-state index in [2.05, 4.69) is 31.2 Å². The Hall–Kier alpha value is -1.35. The first-order valence-corrected chi connectivity index (χ1v) is 7.53. The van der Waals surface area contributed by atoms with Crippen molar-refractivity contribution < 1.29 is 9.53 Å². The minimum atomic E-state index is 0.195. The minimum Gasteiger partial charge on any atom is -0.378 e. The molecule has 0 aromatic heterocycles. The summed E-state index contributed by atoms with van der Waals surface area (Å²) in [5.74, 6) is 0.716. The van der Waals surface area contributed by atoms with Gasteiger partial charge in [-0.05, 0) is 38.3 Å². The molecule has 3 nitrogen and oxygen atoms in total. The van der Waals surface area contributed by atoms with Gasteiger partial charge >= 0.3 is 0 Å². The summed E-state index contributed by atoms with van der Waals surface area (Å²) in [6.45, 7) is 8.40. The molecule has 1 aromatic rings. The van der Waals surface area contributed by atoms with E-state index in [1.165, 1.54) is 11.1 Å². The van der Waals surface area contributed by atoms with Gasteiger partial charge in [0.25, 0.3) is 0 Å². The number of ether oxygens (including phenoxy) is 1. The van der Waals surface area contributed by atoms with Gasteiger partial charge in [-0.25, -0.2) is 0 Å². The maximum Gasteiger partial charge on any atom is 0.224 e. The van der Waals surface area contributed by atoms with Crippen LogP contribution in [-0.2, 0) is 9.53 Å². The van der Waals surface area contributed by atoms with Crippen LogP contribution in [0, 0.1) is 6.92 Å². The van der Waals surface area contributed by atoms with E-state index in [0.29, 0.717) is 18.9 Å². The quantitative estimate of drug-likeness (QED) is 0.826. The number of likely N-dealkylation sites (tertiary alicyclic amines) is 1. The normalized spacial score (nSPS) is 18.8. The first kappa shape index (κ1) is 15.0. The van der Waals surface area contributed by atoms with Gasteiger partial charge in [-0.1, -0.05) is 24.3 Å². The Balaban J connectivity index is 1.86. The van der Waals surface area contributed by atoms with Crippen LogP contribution in [0.4, 0.5) is 0 Å². The van der Waals surface area contributed by atoms with Crippen LogP contribution in [0.15, 0.2) is 24.3 Å². The van der Waals surface area contributed by atoms with Gasteiger partial charge in [0.15, 0.2) is 0 Å². The van der Waals surface area contributed by atoms with Crippen molar-refractivity contribution in [2.75, 3.05) is 19.7 Å². The lowest BCUT2D eigenvalue weighted by molar-refractivity contribution is -0.131. The maximum absolute atomic E-state index is 12.1. The van der Waals surface area contributed by atoms with Crippen LogP contribution in [0.2, 0.25) is 0 Å². The fourth-order valence-electron chi connectivity index (χ4n) is 2.83. The Bertz CT molecular complexity index is 456. The monoisotopic (exact) mass is 275 g/mol. The summed E-state index contributed by atoms with van der Waals surface area (Å²) in [5, 5.41) is 0. The third-order valence-electron chi connectivity index (χ3n) is 3.94. The van der Waals surface area contributed by atoms with Gasteiger partial charge in [0.05, 0.1) is 19.1 Å². The Morgan fingerprint density at radius 3 is 2.85 bits per heavy atom. The Morgan fingerprint density at radius 2 is 2.15 bits per heavy atom. The van der Waals surface area contributed by atoms with E-state index in [9.17, 15) is 4.79 Å². The number of hydrogen-bond donors (Lipinski definition) is 0. The molecule has 0 unspecified atom stereocenters. The van der Waals surface area contributed by atoms with Crippen molar-refractivity contribution in [2.45, 2.75) is 45.6 Å². The zero-order valence-corrected chi connectivity index (χ0v) is 12.8. The smallest absolute Gasteiger partial charge is 0.224 e. The van der Waals surface area contributed by atoms with Gasteiger partial charge < -0.3 is 9.64 Å². The zero-order chi connectivity index (χ0) is 14.5. The maximum atomic E-state index is 12.1. The molecule has 0 saturated carbocycles. The van der Waals surface area contributed by atoms with Gasteiger partial charge in [-0.2, -0.15) is 0 Å². The highest BCUT2D eigenvalue weighted by atomic mass is 16.5. The first-order chi connectivity index (χ1) is 9.58. The van der Waals surface area contributed by atoms with Crippen molar-refractivity contribution in [1.82, 2.24) is 4.90 Å². The molecule has 0 radical (unpaired) electrons. The van der Waals surface area contributed by atoms with Crippen LogP contribution >= 0.6 is 0 Å². The lowest BCUT2D eigenvalue weighted by Gasteiger charge is -2.18. The topological polar surface area (TPSA) is 29.5 Å². The van der Waals surface area contributed by atoms with Crippen LogP contribution in [-0.4, -0.2) is 36.6 Å². The van der Waals surface area contributed by atoms with Crippen molar-refractivity contribution in [3.05, 3.63) is 35.4 Å². The number of aryl methyl sites for hydroxylation is 1. The number of carbonyl (C=O) groups excluding carboxylic acids is 1. The predicted octanol–water partition coefficient (Wildman–Crippen LogP) is 3.13. The largest absolute Gasteiger partial charge is 0.378 e. The standard InChI is InChI=1S/C17H25NO2/c1-13(2)20-11-9-17(19)18-10-8-15(12-18)16-7-5-4-6-14(16)3/h4-7,13,15H,8-12H2,1-3H3/t15-/m0/s1. The van der Waals surface area contributed by atoms with Crippen molar-refractivity contribution in [3.63, 3.8) is 0 Å². The van der Waals surface area contributed by atoms with E-state index in [0.717, 1.165) is 19.5 Å². The molecule has 110 valence electrons. The molecule has 1 aromatic carbocycles. The van der Waals surface area contributed by atoms with E-state index in [1.807, 2.05) is 18.7 Å². The molecule has 3 heteroatoms. The molecular weight excluding hydrogens is 250 g/mol. The van der Waals surface area contributed by atoms with E-state index >= 15 is 0 Å². The van der Waals surface area contributed by atoms with E-state index in [1.54, 1.807) is 0 Å². The minimum absolute atomic E-state index is 0.195. The zero-order valence-electron chi connectivity index (χ0n) is 12.8. The van der Waals surface area contributed by atoms with Crippen LogP contribution in [0.1, 0.15) is 43.7 Å². The Kier molecular flexibility index (Phi) is 5.18. The van der Waals surface area contributed by atoms with Gasteiger partial charge in [0.1, 0.15) is 0 Å². The van der Waals surface area contributed by atoms with Gasteiger partial charge in [0, 0.05) is 19.0 Å². The molecule has 1 atom stereocenters. The summed E-state index contributed by atoms with van der Waals surface area (Å²) in [6, 6.07) is 8.50. The van der Waals surface area contributed by atoms with E-state index in [4.69, 9.17) is 4.74 Å². The van der Waals surface area contributed by atoms with E-state index < -0.39 is 0 Å². The van der Waals surface area contributed by atoms with Gasteiger partial charge in [0.2, 0.25) is 5.91 Å². The van der Waals surface area contributed by atoms with Gasteiger partial charge in [-0.15, -0.1) is 0 Å². The summed E-state index contributed by atoms with van der Waals surface area (Å²) < 4.78 is 5.46.